The molecule has 1 aliphatic rings. The third-order valence-electron chi connectivity index (χ3n) is 4.81. The van der Waals surface area contributed by atoms with Crippen LogP contribution in [0.4, 0.5) is 5.69 Å². The van der Waals surface area contributed by atoms with E-state index in [0.717, 1.165) is 19.6 Å². The molecule has 1 aromatic heterocycles. The predicted molar refractivity (Wildman–Crippen MR) is 102 cm³/mol. The maximum Gasteiger partial charge on any atom is 0.115 e. The van der Waals surface area contributed by atoms with Crippen LogP contribution in [0.25, 0.3) is 10.1 Å². The van der Waals surface area contributed by atoms with Gasteiger partial charge in [0.15, 0.2) is 0 Å². The zero-order valence-corrected chi connectivity index (χ0v) is 14.4. The third-order valence-corrected chi connectivity index (χ3v) is 5.70. The fourth-order valence-corrected chi connectivity index (χ4v) is 4.25. The number of aromatic hydroxyl groups is 1. The number of anilines is 1. The molecule has 1 aliphatic heterocycles. The number of thiophene rings is 1. The van der Waals surface area contributed by atoms with Crippen LogP contribution in [-0.4, -0.2) is 24.2 Å². The van der Waals surface area contributed by atoms with Crippen molar-refractivity contribution in [2.24, 2.45) is 0 Å². The highest BCUT2D eigenvalue weighted by Gasteiger charge is 2.22. The highest BCUT2D eigenvalue weighted by molar-refractivity contribution is 7.17. The summed E-state index contributed by atoms with van der Waals surface area (Å²) in [5.41, 5.74) is 2.53. The van der Waals surface area contributed by atoms with Crippen molar-refractivity contribution in [3.05, 3.63) is 59.5 Å². The number of hydrogen-bond donors (Lipinski definition) is 2. The Bertz CT molecular complexity index is 806. The molecule has 24 heavy (non-hydrogen) atoms. The minimum Gasteiger partial charge on any atom is -0.508 e. The summed E-state index contributed by atoms with van der Waals surface area (Å²) in [5.74, 6) is 0.326. The van der Waals surface area contributed by atoms with Gasteiger partial charge in [-0.25, -0.2) is 0 Å². The largest absolute Gasteiger partial charge is 0.508 e. The topological polar surface area (TPSA) is 35.5 Å². The summed E-state index contributed by atoms with van der Waals surface area (Å²) in [6.07, 6.45) is 2.33. The van der Waals surface area contributed by atoms with Gasteiger partial charge in [-0.3, -0.25) is 0 Å². The van der Waals surface area contributed by atoms with E-state index in [1.807, 2.05) is 12.1 Å². The summed E-state index contributed by atoms with van der Waals surface area (Å²) in [6, 6.07) is 17.1. The Balaban J connectivity index is 1.66. The molecule has 0 spiro atoms. The zero-order valence-electron chi connectivity index (χ0n) is 13.6. The second-order valence-corrected chi connectivity index (χ2v) is 7.37. The van der Waals surface area contributed by atoms with Gasteiger partial charge in [0.2, 0.25) is 0 Å². The minimum absolute atomic E-state index is 0.326. The van der Waals surface area contributed by atoms with E-state index in [4.69, 9.17) is 0 Å². The van der Waals surface area contributed by atoms with Crippen LogP contribution in [0.15, 0.2) is 53.9 Å². The molecule has 0 amide bonds. The molecule has 1 saturated heterocycles. The fourth-order valence-electron chi connectivity index (χ4n) is 3.48. The predicted octanol–water partition coefficient (Wildman–Crippen LogP) is 4.37. The van der Waals surface area contributed by atoms with E-state index < -0.39 is 0 Å². The van der Waals surface area contributed by atoms with Crippen LogP contribution in [0.3, 0.4) is 0 Å². The Morgan fingerprint density at radius 3 is 2.62 bits per heavy atom. The molecular formula is C20H22N2OS. The summed E-state index contributed by atoms with van der Waals surface area (Å²) in [5, 5.41) is 16.5. The number of phenols is 1. The first-order valence-corrected chi connectivity index (χ1v) is 9.40. The van der Waals surface area contributed by atoms with Gasteiger partial charge in [-0.1, -0.05) is 12.1 Å². The second kappa shape index (κ2) is 6.83. The van der Waals surface area contributed by atoms with E-state index in [2.05, 4.69) is 39.9 Å². The Kier molecular flexibility index (Phi) is 4.41. The first-order chi connectivity index (χ1) is 11.8. The number of nitrogens with one attached hydrogen (secondary N) is 1. The van der Waals surface area contributed by atoms with Crippen molar-refractivity contribution >= 4 is 27.1 Å². The first-order valence-electron chi connectivity index (χ1n) is 8.52. The number of fused-ring (bicyclic) bond motifs is 1. The van der Waals surface area contributed by atoms with E-state index >= 15 is 0 Å². The molecule has 2 aromatic carbocycles. The van der Waals surface area contributed by atoms with Crippen molar-refractivity contribution in [2.75, 3.05) is 18.0 Å². The monoisotopic (exact) mass is 338 g/mol. The average Bonchev–Trinajstić information content (AvgIpc) is 3.09. The Labute approximate surface area is 146 Å². The van der Waals surface area contributed by atoms with Crippen LogP contribution >= 0.6 is 11.3 Å². The molecule has 1 fully saturated rings. The molecule has 0 saturated carbocycles. The van der Waals surface area contributed by atoms with Crippen molar-refractivity contribution < 1.29 is 5.11 Å². The summed E-state index contributed by atoms with van der Waals surface area (Å²) in [4.78, 5) is 2.53. The van der Waals surface area contributed by atoms with E-state index in [-0.39, 0.29) is 0 Å². The van der Waals surface area contributed by atoms with Crippen molar-refractivity contribution in [1.29, 1.82) is 0 Å². The molecule has 0 radical (unpaired) electrons. The van der Waals surface area contributed by atoms with E-state index in [0.29, 0.717) is 11.8 Å². The summed E-state index contributed by atoms with van der Waals surface area (Å²) < 4.78 is 1.34. The SMILES string of the molecule is Oc1ccc(CN(c2ccc3sccc3c2)C2CCNCC2)cc1. The Morgan fingerprint density at radius 2 is 1.83 bits per heavy atom. The van der Waals surface area contributed by atoms with Crippen LogP contribution in [0.5, 0.6) is 5.75 Å². The maximum atomic E-state index is 9.53. The number of piperidine rings is 1. The summed E-state index contributed by atoms with van der Waals surface area (Å²) in [6.45, 7) is 3.04. The number of benzene rings is 2. The third kappa shape index (κ3) is 3.25. The first kappa shape index (κ1) is 15.5. The lowest BCUT2D eigenvalue weighted by atomic mass is 10.0. The number of hydrogen-bond acceptors (Lipinski definition) is 4. The molecule has 3 nitrogen and oxygen atoms in total. The lowest BCUT2D eigenvalue weighted by Crippen LogP contribution is -2.43. The maximum absolute atomic E-state index is 9.53. The van der Waals surface area contributed by atoms with Gasteiger partial charge in [0, 0.05) is 23.0 Å². The molecule has 2 N–H and O–H groups in total. The lowest BCUT2D eigenvalue weighted by Gasteiger charge is -2.36. The standard InChI is InChI=1S/C20H22N2OS/c23-19-4-1-15(2-5-19)14-22(17-7-10-21-11-8-17)18-3-6-20-16(13-18)9-12-24-20/h1-6,9,12-13,17,21,23H,7-8,10-11,14H2. The zero-order chi connectivity index (χ0) is 16.4. The van der Waals surface area contributed by atoms with Gasteiger partial charge in [0.1, 0.15) is 5.75 Å². The highest BCUT2D eigenvalue weighted by atomic mass is 32.1. The average molecular weight is 338 g/mol. The highest BCUT2D eigenvalue weighted by Crippen LogP contribution is 2.30. The minimum atomic E-state index is 0.326. The molecular weight excluding hydrogens is 316 g/mol. The summed E-state index contributed by atoms with van der Waals surface area (Å²) >= 11 is 1.79. The fraction of sp³-hybridized carbons (Fsp3) is 0.300. The van der Waals surface area contributed by atoms with Gasteiger partial charge in [-0.05, 0) is 78.7 Å². The molecule has 0 unspecified atom stereocenters. The Hall–Kier alpha value is -2.04. The van der Waals surface area contributed by atoms with Crippen molar-refractivity contribution in [3.8, 4) is 5.75 Å². The van der Waals surface area contributed by atoms with Crippen LogP contribution in [0, 0.1) is 0 Å². The molecule has 0 bridgehead atoms. The molecule has 3 aromatic rings. The second-order valence-electron chi connectivity index (χ2n) is 6.42. The Morgan fingerprint density at radius 1 is 1.04 bits per heavy atom. The van der Waals surface area contributed by atoms with Crippen LogP contribution < -0.4 is 10.2 Å². The number of phenolic OH excluding ortho intramolecular Hbond substituents is 1. The van der Waals surface area contributed by atoms with Crippen LogP contribution in [0.1, 0.15) is 18.4 Å². The van der Waals surface area contributed by atoms with E-state index in [1.54, 1.807) is 23.5 Å². The normalized spacial score (nSPS) is 15.7. The molecule has 4 rings (SSSR count). The lowest BCUT2D eigenvalue weighted by molar-refractivity contribution is 0.428. The van der Waals surface area contributed by atoms with Crippen molar-refractivity contribution in [1.82, 2.24) is 5.32 Å². The van der Waals surface area contributed by atoms with E-state index in [1.165, 1.54) is 34.2 Å². The van der Waals surface area contributed by atoms with Gasteiger partial charge < -0.3 is 15.3 Å². The van der Waals surface area contributed by atoms with Gasteiger partial charge >= 0.3 is 0 Å². The smallest absolute Gasteiger partial charge is 0.115 e. The molecule has 124 valence electrons. The molecule has 0 atom stereocenters. The molecule has 2 heterocycles. The van der Waals surface area contributed by atoms with Crippen LogP contribution in [0.2, 0.25) is 0 Å². The molecule has 4 heteroatoms. The van der Waals surface area contributed by atoms with Crippen molar-refractivity contribution in [2.45, 2.75) is 25.4 Å². The van der Waals surface area contributed by atoms with E-state index in [9.17, 15) is 5.11 Å². The van der Waals surface area contributed by atoms with Gasteiger partial charge in [0.05, 0.1) is 0 Å². The van der Waals surface area contributed by atoms with Gasteiger partial charge in [0.25, 0.3) is 0 Å². The van der Waals surface area contributed by atoms with Crippen molar-refractivity contribution in [3.63, 3.8) is 0 Å². The quantitative estimate of drug-likeness (QED) is 0.742. The number of rotatable bonds is 4. The van der Waals surface area contributed by atoms with Gasteiger partial charge in [-0.15, -0.1) is 11.3 Å². The number of nitrogens with zero attached hydrogens (tertiary/aromatic N) is 1. The van der Waals surface area contributed by atoms with Crippen LogP contribution in [-0.2, 0) is 6.54 Å². The molecule has 0 aliphatic carbocycles. The summed E-state index contributed by atoms with van der Waals surface area (Å²) in [7, 11) is 0. The van der Waals surface area contributed by atoms with Gasteiger partial charge in [-0.2, -0.15) is 0 Å².